The molecule has 1 aromatic heterocycles. The fourth-order valence-corrected chi connectivity index (χ4v) is 4.97. The first-order valence-electron chi connectivity index (χ1n) is 9.07. The van der Waals surface area contributed by atoms with Gasteiger partial charge >= 0.3 is 0 Å². The number of hydrogen-bond donors (Lipinski definition) is 1. The Morgan fingerprint density at radius 3 is 2.65 bits per heavy atom. The first kappa shape index (κ1) is 15.8. The SMILES string of the molecule is O=C(c1ccc(-c2cccs2)cc1)N1C[C@@H]2CNC[C@H]2c2ccccc21. The molecule has 3 nitrogen and oxygen atoms in total. The van der Waals surface area contributed by atoms with Crippen LogP contribution in [-0.2, 0) is 0 Å². The largest absolute Gasteiger partial charge is 0.316 e. The van der Waals surface area contributed by atoms with E-state index in [0.717, 1.165) is 36.4 Å². The molecule has 1 saturated heterocycles. The third kappa shape index (κ3) is 2.57. The zero-order chi connectivity index (χ0) is 17.5. The van der Waals surface area contributed by atoms with Gasteiger partial charge in [0.05, 0.1) is 0 Å². The first-order chi connectivity index (χ1) is 12.8. The molecule has 5 rings (SSSR count). The summed E-state index contributed by atoms with van der Waals surface area (Å²) in [5.74, 6) is 1.12. The van der Waals surface area contributed by atoms with Crippen LogP contribution in [0.1, 0.15) is 21.8 Å². The van der Waals surface area contributed by atoms with Crippen molar-refractivity contribution in [2.75, 3.05) is 24.5 Å². The lowest BCUT2D eigenvalue weighted by Gasteiger charge is -2.36. The monoisotopic (exact) mass is 360 g/mol. The molecule has 1 fully saturated rings. The number of rotatable bonds is 2. The molecular weight excluding hydrogens is 340 g/mol. The topological polar surface area (TPSA) is 32.3 Å². The van der Waals surface area contributed by atoms with Crippen LogP contribution in [-0.4, -0.2) is 25.5 Å². The van der Waals surface area contributed by atoms with Crippen molar-refractivity contribution in [1.82, 2.24) is 5.32 Å². The van der Waals surface area contributed by atoms with Gasteiger partial charge in [-0.2, -0.15) is 0 Å². The molecule has 2 atom stereocenters. The van der Waals surface area contributed by atoms with E-state index in [1.165, 1.54) is 10.4 Å². The van der Waals surface area contributed by atoms with Crippen LogP contribution in [0.5, 0.6) is 0 Å². The fraction of sp³-hybridized carbons (Fsp3) is 0.227. The van der Waals surface area contributed by atoms with Crippen molar-refractivity contribution in [2.45, 2.75) is 5.92 Å². The second-order valence-electron chi connectivity index (χ2n) is 7.05. The van der Waals surface area contributed by atoms with Crippen molar-refractivity contribution < 1.29 is 4.79 Å². The molecule has 2 aromatic carbocycles. The van der Waals surface area contributed by atoms with E-state index in [2.05, 4.69) is 53.2 Å². The number of benzene rings is 2. The summed E-state index contributed by atoms with van der Waals surface area (Å²) in [6.45, 7) is 2.79. The van der Waals surface area contributed by atoms with Gasteiger partial charge in [-0.05, 0) is 46.7 Å². The second kappa shape index (κ2) is 6.38. The zero-order valence-corrected chi connectivity index (χ0v) is 15.2. The molecular formula is C22H20N2OS. The third-order valence-corrected chi connectivity index (χ3v) is 6.49. The van der Waals surface area contributed by atoms with Gasteiger partial charge in [-0.3, -0.25) is 4.79 Å². The van der Waals surface area contributed by atoms with Crippen molar-refractivity contribution >= 4 is 22.9 Å². The summed E-state index contributed by atoms with van der Waals surface area (Å²) >= 11 is 1.72. The maximum Gasteiger partial charge on any atom is 0.258 e. The summed E-state index contributed by atoms with van der Waals surface area (Å²) in [6.07, 6.45) is 0. The minimum Gasteiger partial charge on any atom is -0.316 e. The van der Waals surface area contributed by atoms with E-state index in [0.29, 0.717) is 11.8 Å². The number of nitrogens with zero attached hydrogens (tertiary/aromatic N) is 1. The molecule has 0 saturated carbocycles. The van der Waals surface area contributed by atoms with Gasteiger partial charge in [0, 0.05) is 41.7 Å². The number of carbonyl (C=O) groups excluding carboxylic acids is 1. The molecule has 3 heterocycles. The van der Waals surface area contributed by atoms with Crippen LogP contribution in [0.25, 0.3) is 10.4 Å². The van der Waals surface area contributed by atoms with Crippen LogP contribution < -0.4 is 10.2 Å². The molecule has 130 valence electrons. The molecule has 0 radical (unpaired) electrons. The minimum absolute atomic E-state index is 0.0977. The Morgan fingerprint density at radius 1 is 1.00 bits per heavy atom. The van der Waals surface area contributed by atoms with E-state index in [1.807, 2.05) is 23.1 Å². The lowest BCUT2D eigenvalue weighted by atomic mass is 9.83. The summed E-state index contributed by atoms with van der Waals surface area (Å²) in [5, 5.41) is 5.57. The summed E-state index contributed by atoms with van der Waals surface area (Å²) in [7, 11) is 0. The van der Waals surface area contributed by atoms with Gasteiger partial charge in [0.25, 0.3) is 5.91 Å². The van der Waals surface area contributed by atoms with Crippen LogP contribution in [0.4, 0.5) is 5.69 Å². The molecule has 1 amide bonds. The minimum atomic E-state index is 0.0977. The van der Waals surface area contributed by atoms with Gasteiger partial charge in [-0.25, -0.2) is 0 Å². The molecule has 2 aliphatic heterocycles. The van der Waals surface area contributed by atoms with Crippen molar-refractivity contribution in [3.8, 4) is 10.4 Å². The lowest BCUT2D eigenvalue weighted by Crippen LogP contribution is -2.41. The molecule has 0 spiro atoms. The molecule has 0 aliphatic carbocycles. The van der Waals surface area contributed by atoms with Crippen LogP contribution in [0.15, 0.2) is 66.0 Å². The Balaban J connectivity index is 1.48. The summed E-state index contributed by atoms with van der Waals surface area (Å²) < 4.78 is 0. The van der Waals surface area contributed by atoms with Crippen LogP contribution in [0, 0.1) is 5.92 Å². The average Bonchev–Trinajstić information content (AvgIpc) is 3.39. The number of nitrogens with one attached hydrogen (secondary N) is 1. The standard InChI is InChI=1S/C22H20N2OS/c25-22(16-9-7-15(8-10-16)21-6-3-11-26-21)24-14-17-12-23-13-19(17)18-4-1-2-5-20(18)24/h1-11,17,19,23H,12-14H2/t17-,19+/m0/s1. The first-order valence-corrected chi connectivity index (χ1v) is 9.94. The number of amides is 1. The number of fused-ring (bicyclic) bond motifs is 3. The van der Waals surface area contributed by atoms with Gasteiger partial charge in [0.2, 0.25) is 0 Å². The van der Waals surface area contributed by atoms with E-state index < -0.39 is 0 Å². The normalized spacial score (nSPS) is 21.3. The molecule has 2 aliphatic rings. The molecule has 4 heteroatoms. The van der Waals surface area contributed by atoms with E-state index in [-0.39, 0.29) is 5.91 Å². The number of anilines is 1. The Morgan fingerprint density at radius 2 is 1.85 bits per heavy atom. The molecule has 0 unspecified atom stereocenters. The summed E-state index contributed by atoms with van der Waals surface area (Å²) in [6, 6.07) is 20.5. The third-order valence-electron chi connectivity index (χ3n) is 5.57. The van der Waals surface area contributed by atoms with Gasteiger partial charge in [-0.1, -0.05) is 36.4 Å². The lowest BCUT2D eigenvalue weighted by molar-refractivity contribution is 0.0980. The van der Waals surface area contributed by atoms with E-state index in [1.54, 1.807) is 11.3 Å². The predicted octanol–water partition coefficient (Wildman–Crippen LogP) is 4.38. The average molecular weight is 360 g/mol. The van der Waals surface area contributed by atoms with Gasteiger partial charge in [-0.15, -0.1) is 11.3 Å². The fourth-order valence-electron chi connectivity index (χ4n) is 4.24. The summed E-state index contributed by atoms with van der Waals surface area (Å²) in [5.41, 5.74) is 4.29. The highest BCUT2D eigenvalue weighted by Crippen LogP contribution is 2.40. The summed E-state index contributed by atoms with van der Waals surface area (Å²) in [4.78, 5) is 16.5. The van der Waals surface area contributed by atoms with Crippen molar-refractivity contribution in [3.63, 3.8) is 0 Å². The number of carbonyl (C=O) groups is 1. The second-order valence-corrected chi connectivity index (χ2v) is 8.00. The van der Waals surface area contributed by atoms with Crippen molar-refractivity contribution in [2.24, 2.45) is 5.92 Å². The van der Waals surface area contributed by atoms with Crippen LogP contribution >= 0.6 is 11.3 Å². The van der Waals surface area contributed by atoms with Gasteiger partial charge in [0.15, 0.2) is 0 Å². The van der Waals surface area contributed by atoms with Crippen LogP contribution in [0.3, 0.4) is 0 Å². The van der Waals surface area contributed by atoms with E-state index in [9.17, 15) is 4.79 Å². The Labute approximate surface area is 157 Å². The maximum atomic E-state index is 13.3. The maximum absolute atomic E-state index is 13.3. The molecule has 0 bridgehead atoms. The van der Waals surface area contributed by atoms with E-state index in [4.69, 9.17) is 0 Å². The smallest absolute Gasteiger partial charge is 0.258 e. The predicted molar refractivity (Wildman–Crippen MR) is 107 cm³/mol. The van der Waals surface area contributed by atoms with Gasteiger partial charge < -0.3 is 10.2 Å². The Hall–Kier alpha value is -2.43. The highest BCUT2D eigenvalue weighted by Gasteiger charge is 2.38. The zero-order valence-electron chi connectivity index (χ0n) is 14.4. The van der Waals surface area contributed by atoms with Crippen molar-refractivity contribution in [3.05, 3.63) is 77.2 Å². The Bertz CT molecular complexity index is 933. The number of hydrogen-bond acceptors (Lipinski definition) is 3. The van der Waals surface area contributed by atoms with Crippen molar-refractivity contribution in [1.29, 1.82) is 0 Å². The van der Waals surface area contributed by atoms with Gasteiger partial charge in [0.1, 0.15) is 0 Å². The number of thiophene rings is 1. The highest BCUT2D eigenvalue weighted by molar-refractivity contribution is 7.13. The molecule has 1 N–H and O–H groups in total. The quantitative estimate of drug-likeness (QED) is 0.736. The molecule has 3 aromatic rings. The van der Waals surface area contributed by atoms with Crippen LogP contribution in [0.2, 0.25) is 0 Å². The molecule has 26 heavy (non-hydrogen) atoms. The number of para-hydroxylation sites is 1. The highest BCUT2D eigenvalue weighted by atomic mass is 32.1. The van der Waals surface area contributed by atoms with E-state index >= 15 is 0 Å². The Kier molecular flexibility index (Phi) is 3.88.